The van der Waals surface area contributed by atoms with Crippen LogP contribution in [0.1, 0.15) is 31.6 Å². The van der Waals surface area contributed by atoms with Gasteiger partial charge in [-0.25, -0.2) is 0 Å². The molecule has 1 N–H and O–H groups in total. The Morgan fingerprint density at radius 1 is 1.31 bits per heavy atom. The molecule has 0 spiro atoms. The smallest absolute Gasteiger partial charge is 0.249 e. The van der Waals surface area contributed by atoms with E-state index in [1.165, 1.54) is 4.90 Å². The molecule has 0 aliphatic heterocycles. The van der Waals surface area contributed by atoms with Gasteiger partial charge in [0.2, 0.25) is 11.8 Å². The highest BCUT2D eigenvalue weighted by Crippen LogP contribution is 2.09. The molecule has 1 unspecified atom stereocenters. The summed E-state index contributed by atoms with van der Waals surface area (Å²) < 4.78 is 10.4. The molecule has 0 bridgehead atoms. The lowest BCUT2D eigenvalue weighted by Gasteiger charge is -2.27. The lowest BCUT2D eigenvalue weighted by molar-refractivity contribution is -0.141. The standard InChI is InChI=1S/C19H25N3O4/c1-4-14(2)22(11-18(23)20-17-10-15(3)26-21-17)19(24)13-25-12-16-8-6-5-7-9-16/h5-10,14H,4,11-13H2,1-3H3,(H,20,21,23). The minimum atomic E-state index is -0.324. The number of nitrogens with zero attached hydrogens (tertiary/aromatic N) is 2. The van der Waals surface area contributed by atoms with Gasteiger partial charge in [-0.1, -0.05) is 42.4 Å². The summed E-state index contributed by atoms with van der Waals surface area (Å²) in [5.41, 5.74) is 0.995. The second-order valence-electron chi connectivity index (χ2n) is 6.13. The van der Waals surface area contributed by atoms with Crippen molar-refractivity contribution in [1.82, 2.24) is 10.1 Å². The quantitative estimate of drug-likeness (QED) is 0.744. The Morgan fingerprint density at radius 3 is 2.65 bits per heavy atom. The number of amides is 2. The summed E-state index contributed by atoms with van der Waals surface area (Å²) in [6.07, 6.45) is 0.737. The first-order valence-corrected chi connectivity index (χ1v) is 8.64. The topological polar surface area (TPSA) is 84.7 Å². The van der Waals surface area contributed by atoms with E-state index in [0.29, 0.717) is 18.2 Å². The minimum absolute atomic E-state index is 0.0611. The number of carbonyl (C=O) groups excluding carboxylic acids is 2. The summed E-state index contributed by atoms with van der Waals surface area (Å²) >= 11 is 0. The molecule has 7 nitrogen and oxygen atoms in total. The molecule has 7 heteroatoms. The SMILES string of the molecule is CCC(C)N(CC(=O)Nc1cc(C)on1)C(=O)COCc1ccccc1. The van der Waals surface area contributed by atoms with Crippen molar-refractivity contribution >= 4 is 17.6 Å². The third-order valence-electron chi connectivity index (χ3n) is 3.99. The molecule has 2 rings (SSSR count). The maximum Gasteiger partial charge on any atom is 0.249 e. The summed E-state index contributed by atoms with van der Waals surface area (Å²) in [4.78, 5) is 26.3. The van der Waals surface area contributed by atoms with E-state index in [1.807, 2.05) is 44.2 Å². The van der Waals surface area contributed by atoms with Gasteiger partial charge in [0.1, 0.15) is 18.9 Å². The van der Waals surface area contributed by atoms with E-state index in [2.05, 4.69) is 10.5 Å². The van der Waals surface area contributed by atoms with Crippen LogP contribution in [0.4, 0.5) is 5.82 Å². The van der Waals surface area contributed by atoms with Crippen molar-refractivity contribution in [2.45, 2.75) is 39.8 Å². The molecule has 1 aromatic carbocycles. The van der Waals surface area contributed by atoms with Crippen LogP contribution in [0.2, 0.25) is 0 Å². The number of aromatic nitrogens is 1. The second kappa shape index (κ2) is 9.72. The van der Waals surface area contributed by atoms with Crippen molar-refractivity contribution in [2.75, 3.05) is 18.5 Å². The predicted molar refractivity (Wildman–Crippen MR) is 97.4 cm³/mol. The highest BCUT2D eigenvalue weighted by molar-refractivity contribution is 5.94. The number of carbonyl (C=O) groups is 2. The van der Waals surface area contributed by atoms with Gasteiger partial charge >= 0.3 is 0 Å². The van der Waals surface area contributed by atoms with Crippen LogP contribution in [-0.2, 0) is 20.9 Å². The van der Waals surface area contributed by atoms with Crippen molar-refractivity contribution in [3.05, 3.63) is 47.7 Å². The Balaban J connectivity index is 1.88. The molecular weight excluding hydrogens is 334 g/mol. The van der Waals surface area contributed by atoms with E-state index in [4.69, 9.17) is 9.26 Å². The van der Waals surface area contributed by atoms with Crippen LogP contribution in [0.15, 0.2) is 40.9 Å². The molecule has 0 aliphatic carbocycles. The van der Waals surface area contributed by atoms with Gasteiger partial charge in [-0.15, -0.1) is 0 Å². The number of benzene rings is 1. The fourth-order valence-corrected chi connectivity index (χ4v) is 2.39. The molecule has 0 radical (unpaired) electrons. The van der Waals surface area contributed by atoms with Gasteiger partial charge in [0.25, 0.3) is 0 Å². The Hall–Kier alpha value is -2.67. The van der Waals surface area contributed by atoms with Gasteiger partial charge in [-0.2, -0.15) is 0 Å². The maximum atomic E-state index is 12.5. The van der Waals surface area contributed by atoms with Crippen molar-refractivity contribution in [3.8, 4) is 0 Å². The molecule has 0 saturated heterocycles. The van der Waals surface area contributed by atoms with E-state index < -0.39 is 0 Å². The fourth-order valence-electron chi connectivity index (χ4n) is 2.39. The number of nitrogens with one attached hydrogen (secondary N) is 1. The average molecular weight is 359 g/mol. The van der Waals surface area contributed by atoms with Gasteiger partial charge in [0.05, 0.1) is 6.61 Å². The van der Waals surface area contributed by atoms with E-state index in [0.717, 1.165) is 12.0 Å². The molecule has 0 fully saturated rings. The summed E-state index contributed by atoms with van der Waals surface area (Å²) in [5.74, 6) is 0.394. The Kier molecular flexibility index (Phi) is 7.35. The van der Waals surface area contributed by atoms with Crippen LogP contribution >= 0.6 is 0 Å². The van der Waals surface area contributed by atoms with Crippen molar-refractivity contribution in [1.29, 1.82) is 0 Å². The van der Waals surface area contributed by atoms with Gasteiger partial charge < -0.3 is 19.5 Å². The predicted octanol–water partition coefficient (Wildman–Crippen LogP) is 2.77. The summed E-state index contributed by atoms with van der Waals surface area (Å²) in [7, 11) is 0. The molecule has 0 aliphatic rings. The maximum absolute atomic E-state index is 12.5. The van der Waals surface area contributed by atoms with Crippen LogP contribution in [0.3, 0.4) is 0 Å². The lowest BCUT2D eigenvalue weighted by Crippen LogP contribution is -2.45. The highest BCUT2D eigenvalue weighted by atomic mass is 16.5. The highest BCUT2D eigenvalue weighted by Gasteiger charge is 2.22. The van der Waals surface area contributed by atoms with Crippen LogP contribution in [0.5, 0.6) is 0 Å². The summed E-state index contributed by atoms with van der Waals surface area (Å²) in [6, 6.07) is 11.2. The number of aryl methyl sites for hydroxylation is 1. The first-order chi connectivity index (χ1) is 12.5. The Bertz CT molecular complexity index is 715. The molecule has 0 saturated carbocycles. The van der Waals surface area contributed by atoms with Gasteiger partial charge in [0.15, 0.2) is 5.82 Å². The minimum Gasteiger partial charge on any atom is -0.367 e. The van der Waals surface area contributed by atoms with Gasteiger partial charge in [-0.3, -0.25) is 9.59 Å². The van der Waals surface area contributed by atoms with Crippen molar-refractivity contribution in [3.63, 3.8) is 0 Å². The number of rotatable bonds is 9. The molecule has 2 aromatic rings. The third-order valence-corrected chi connectivity index (χ3v) is 3.99. The molecule has 1 atom stereocenters. The van der Waals surface area contributed by atoms with Gasteiger partial charge in [0, 0.05) is 12.1 Å². The second-order valence-corrected chi connectivity index (χ2v) is 6.13. The fraction of sp³-hybridized carbons (Fsp3) is 0.421. The average Bonchev–Trinajstić information content (AvgIpc) is 3.04. The number of hydrogen-bond acceptors (Lipinski definition) is 5. The van der Waals surface area contributed by atoms with Crippen LogP contribution in [-0.4, -0.2) is 41.1 Å². The largest absolute Gasteiger partial charge is 0.367 e. The van der Waals surface area contributed by atoms with Crippen LogP contribution in [0.25, 0.3) is 0 Å². The monoisotopic (exact) mass is 359 g/mol. The van der Waals surface area contributed by atoms with E-state index in [-0.39, 0.29) is 31.0 Å². The third kappa shape index (κ3) is 6.00. The van der Waals surface area contributed by atoms with Crippen LogP contribution in [0, 0.1) is 6.92 Å². The van der Waals surface area contributed by atoms with Gasteiger partial charge in [-0.05, 0) is 25.8 Å². The first-order valence-electron chi connectivity index (χ1n) is 8.64. The molecule has 26 heavy (non-hydrogen) atoms. The Labute approximate surface area is 153 Å². The van der Waals surface area contributed by atoms with Crippen LogP contribution < -0.4 is 5.32 Å². The normalized spacial score (nSPS) is 11.8. The van der Waals surface area contributed by atoms with E-state index in [9.17, 15) is 9.59 Å². The summed E-state index contributed by atoms with van der Waals surface area (Å²) in [5, 5.41) is 6.35. The Morgan fingerprint density at radius 2 is 2.04 bits per heavy atom. The number of anilines is 1. The van der Waals surface area contributed by atoms with Crippen molar-refractivity contribution in [2.24, 2.45) is 0 Å². The van der Waals surface area contributed by atoms with E-state index >= 15 is 0 Å². The number of hydrogen-bond donors (Lipinski definition) is 1. The zero-order chi connectivity index (χ0) is 18.9. The zero-order valence-electron chi connectivity index (χ0n) is 15.4. The molecule has 140 valence electrons. The van der Waals surface area contributed by atoms with Crippen molar-refractivity contribution < 1.29 is 18.8 Å². The molecule has 1 aromatic heterocycles. The summed E-state index contributed by atoms with van der Waals surface area (Å²) in [6.45, 7) is 5.83. The first kappa shape index (κ1) is 19.7. The molecule has 1 heterocycles. The zero-order valence-corrected chi connectivity index (χ0v) is 15.4. The lowest BCUT2D eigenvalue weighted by atomic mass is 10.2. The van der Waals surface area contributed by atoms with E-state index in [1.54, 1.807) is 13.0 Å². The molecule has 2 amide bonds. The molecular formula is C19H25N3O4. The number of ether oxygens (including phenoxy) is 1.